The molecule has 0 aliphatic rings. The summed E-state index contributed by atoms with van der Waals surface area (Å²) in [4.78, 5) is 10.8. The molecule has 6 heteroatoms. The fraction of sp³-hybridized carbons (Fsp3) is 0.556. The van der Waals surface area contributed by atoms with E-state index in [1.54, 1.807) is 23.1 Å². The summed E-state index contributed by atoms with van der Waals surface area (Å²) in [6.07, 6.45) is 3.39. The number of hydrogen-bond donors (Lipinski definition) is 1. The Hall–Kier alpha value is -1.17. The minimum Gasteiger partial charge on any atom is -0.480 e. The number of aryl methyl sites for hydroxylation is 1. The molecule has 1 rings (SSSR count). The van der Waals surface area contributed by atoms with E-state index in [4.69, 9.17) is 5.11 Å². The molecule has 0 spiro atoms. The topological polar surface area (TPSA) is 72.2 Å². The first-order valence-corrected chi connectivity index (χ1v) is 5.86. The van der Waals surface area contributed by atoms with E-state index in [1.807, 2.05) is 0 Å². The predicted molar refractivity (Wildman–Crippen MR) is 57.0 cm³/mol. The van der Waals surface area contributed by atoms with Crippen molar-refractivity contribution in [3.63, 3.8) is 0 Å². The van der Waals surface area contributed by atoms with E-state index in [9.17, 15) is 9.00 Å². The van der Waals surface area contributed by atoms with Crippen LogP contribution in [0.25, 0.3) is 0 Å². The molecule has 1 aromatic heterocycles. The van der Waals surface area contributed by atoms with Crippen LogP contribution in [0.1, 0.15) is 13.8 Å². The van der Waals surface area contributed by atoms with Gasteiger partial charge in [0.05, 0.1) is 6.54 Å². The maximum atomic E-state index is 11.7. The van der Waals surface area contributed by atoms with E-state index in [0.29, 0.717) is 12.3 Å². The summed E-state index contributed by atoms with van der Waals surface area (Å²) >= 11 is 0. The Morgan fingerprint density at radius 3 is 2.73 bits per heavy atom. The lowest BCUT2D eigenvalue weighted by molar-refractivity contribution is -0.139. The van der Waals surface area contributed by atoms with Crippen LogP contribution in [0.5, 0.6) is 0 Å². The third-order valence-corrected chi connectivity index (χ3v) is 4.02. The number of rotatable bonds is 5. The Bertz CT molecular complexity index is 359. The van der Waals surface area contributed by atoms with E-state index in [-0.39, 0.29) is 0 Å². The molecular weight excluding hydrogens is 216 g/mol. The smallest absolute Gasteiger partial charge is 0.321 e. The summed E-state index contributed by atoms with van der Waals surface area (Å²) in [7, 11) is -1.41. The number of carboxylic acid groups (broad SMARTS) is 1. The van der Waals surface area contributed by atoms with Gasteiger partial charge in [-0.1, -0.05) is 0 Å². The van der Waals surface area contributed by atoms with Crippen LogP contribution >= 0.6 is 0 Å². The van der Waals surface area contributed by atoms with Gasteiger partial charge in [-0.15, -0.1) is 0 Å². The lowest BCUT2D eigenvalue weighted by Gasteiger charge is -2.18. The zero-order valence-electron chi connectivity index (χ0n) is 8.71. The first-order valence-electron chi connectivity index (χ1n) is 4.54. The molecule has 0 saturated heterocycles. The zero-order chi connectivity index (χ0) is 11.5. The van der Waals surface area contributed by atoms with Gasteiger partial charge in [0, 0.05) is 28.9 Å². The van der Waals surface area contributed by atoms with Gasteiger partial charge in [-0.05, 0) is 19.9 Å². The number of hydrogen-bond acceptors (Lipinski definition) is 3. The van der Waals surface area contributed by atoms with Gasteiger partial charge in [-0.2, -0.15) is 5.10 Å². The fourth-order valence-corrected chi connectivity index (χ4v) is 2.02. The second-order valence-electron chi connectivity index (χ2n) is 3.63. The molecule has 0 fully saturated rings. The van der Waals surface area contributed by atoms with Gasteiger partial charge in [0.2, 0.25) is 0 Å². The highest BCUT2D eigenvalue weighted by Gasteiger charge is 2.33. The summed E-state index contributed by atoms with van der Waals surface area (Å²) in [5.74, 6) is -0.748. The summed E-state index contributed by atoms with van der Waals surface area (Å²) in [5.41, 5.74) is 0. The van der Waals surface area contributed by atoms with Crippen molar-refractivity contribution in [1.29, 1.82) is 0 Å². The second-order valence-corrected chi connectivity index (χ2v) is 5.75. The Balaban J connectivity index is 2.53. The van der Waals surface area contributed by atoms with Crippen molar-refractivity contribution in [3.8, 4) is 0 Å². The molecule has 84 valence electrons. The maximum absolute atomic E-state index is 11.7. The Morgan fingerprint density at radius 1 is 1.60 bits per heavy atom. The second kappa shape index (κ2) is 4.57. The maximum Gasteiger partial charge on any atom is 0.321 e. The van der Waals surface area contributed by atoms with E-state index >= 15 is 0 Å². The number of carbonyl (C=O) groups is 1. The minimum atomic E-state index is -1.41. The third kappa shape index (κ3) is 2.89. The van der Waals surface area contributed by atoms with E-state index in [1.165, 1.54) is 13.8 Å². The SMILES string of the molecule is CC(C)(C(=O)O)S(=O)CCn1cccn1. The van der Waals surface area contributed by atoms with Crippen molar-refractivity contribution in [1.82, 2.24) is 9.78 Å². The third-order valence-electron chi connectivity index (χ3n) is 2.15. The standard InChI is InChI=1S/C9H14N2O3S/c1-9(2,8(12)13)15(14)7-6-11-5-3-4-10-11/h3-5H,6-7H2,1-2H3,(H,12,13). The summed E-state index contributed by atoms with van der Waals surface area (Å²) in [5, 5.41) is 12.8. The Labute approximate surface area is 90.6 Å². The van der Waals surface area contributed by atoms with Crippen LogP contribution in [0, 0.1) is 0 Å². The highest BCUT2D eigenvalue weighted by Crippen LogP contribution is 2.13. The van der Waals surface area contributed by atoms with Crippen LogP contribution < -0.4 is 0 Å². The summed E-state index contributed by atoms with van der Waals surface area (Å²) in [6.45, 7) is 3.40. The molecular formula is C9H14N2O3S. The molecule has 5 nitrogen and oxygen atoms in total. The van der Waals surface area contributed by atoms with Crippen molar-refractivity contribution < 1.29 is 14.1 Å². The van der Waals surface area contributed by atoms with Crippen molar-refractivity contribution in [2.24, 2.45) is 0 Å². The van der Waals surface area contributed by atoms with Crippen LogP contribution in [-0.4, -0.2) is 35.6 Å². The number of nitrogens with zero attached hydrogens (tertiary/aromatic N) is 2. The Morgan fingerprint density at radius 2 is 2.27 bits per heavy atom. The van der Waals surface area contributed by atoms with Gasteiger partial charge < -0.3 is 5.11 Å². The van der Waals surface area contributed by atoms with Crippen LogP contribution in [0.2, 0.25) is 0 Å². The number of carboxylic acids is 1. The largest absolute Gasteiger partial charge is 0.480 e. The van der Waals surface area contributed by atoms with Crippen molar-refractivity contribution in [2.75, 3.05) is 5.75 Å². The van der Waals surface area contributed by atoms with Crippen molar-refractivity contribution >= 4 is 16.8 Å². The van der Waals surface area contributed by atoms with Gasteiger partial charge in [0.15, 0.2) is 0 Å². The van der Waals surface area contributed by atoms with Gasteiger partial charge in [-0.3, -0.25) is 13.7 Å². The number of aliphatic carboxylic acids is 1. The molecule has 15 heavy (non-hydrogen) atoms. The van der Waals surface area contributed by atoms with Gasteiger partial charge in [-0.25, -0.2) is 0 Å². The van der Waals surface area contributed by atoms with Gasteiger partial charge >= 0.3 is 5.97 Å². The van der Waals surface area contributed by atoms with Crippen LogP contribution in [0.4, 0.5) is 0 Å². The normalized spacial score (nSPS) is 13.7. The lowest BCUT2D eigenvalue weighted by atomic mass is 10.2. The molecule has 0 saturated carbocycles. The molecule has 1 atom stereocenters. The van der Waals surface area contributed by atoms with Crippen molar-refractivity contribution in [2.45, 2.75) is 25.1 Å². The van der Waals surface area contributed by atoms with E-state index < -0.39 is 21.5 Å². The van der Waals surface area contributed by atoms with Crippen LogP contribution in [-0.2, 0) is 22.1 Å². The first kappa shape index (κ1) is 11.9. The lowest BCUT2D eigenvalue weighted by Crippen LogP contribution is -2.38. The molecule has 0 radical (unpaired) electrons. The average Bonchev–Trinajstić information content (AvgIpc) is 2.66. The first-order chi connectivity index (χ1) is 6.94. The molecule has 1 N–H and O–H groups in total. The quantitative estimate of drug-likeness (QED) is 0.799. The minimum absolute atomic E-state index is 0.293. The molecule has 1 heterocycles. The molecule has 1 unspecified atom stereocenters. The van der Waals surface area contributed by atoms with E-state index in [2.05, 4.69) is 5.10 Å². The Kier molecular flexibility index (Phi) is 3.62. The zero-order valence-corrected chi connectivity index (χ0v) is 9.53. The molecule has 0 aliphatic heterocycles. The molecule has 0 bridgehead atoms. The van der Waals surface area contributed by atoms with Crippen molar-refractivity contribution in [3.05, 3.63) is 18.5 Å². The highest BCUT2D eigenvalue weighted by atomic mass is 32.2. The monoisotopic (exact) mass is 230 g/mol. The molecule has 1 aromatic rings. The summed E-state index contributed by atoms with van der Waals surface area (Å²) < 4.78 is 12.1. The van der Waals surface area contributed by atoms with Crippen LogP contribution in [0.15, 0.2) is 18.5 Å². The molecule has 0 aliphatic carbocycles. The van der Waals surface area contributed by atoms with Crippen LogP contribution in [0.3, 0.4) is 0 Å². The van der Waals surface area contributed by atoms with Gasteiger partial charge in [0.25, 0.3) is 0 Å². The molecule has 0 aromatic carbocycles. The van der Waals surface area contributed by atoms with Gasteiger partial charge in [0.1, 0.15) is 4.75 Å². The fourth-order valence-electron chi connectivity index (χ4n) is 0.962. The number of aromatic nitrogens is 2. The average molecular weight is 230 g/mol. The molecule has 0 amide bonds. The summed E-state index contributed by atoms with van der Waals surface area (Å²) in [6, 6.07) is 1.77. The predicted octanol–water partition coefficient (Wildman–Crippen LogP) is 0.495. The highest BCUT2D eigenvalue weighted by molar-refractivity contribution is 7.87. The van der Waals surface area contributed by atoms with E-state index in [0.717, 1.165) is 0 Å².